The maximum atomic E-state index is 11.9. The number of nitrogens with zero attached hydrogens (tertiary/aromatic N) is 2. The molecule has 1 aliphatic heterocycles. The maximum Gasteiger partial charge on any atom is 0.321 e. The first-order chi connectivity index (χ1) is 9.76. The second kappa shape index (κ2) is 5.62. The smallest absolute Gasteiger partial charge is 0.321 e. The molecule has 2 atom stereocenters. The van der Waals surface area contributed by atoms with Crippen LogP contribution in [-0.2, 0) is 4.74 Å². The number of anilines is 1. The Balaban J connectivity index is 1.53. The average molecular weight is 278 g/mol. The molecule has 1 aliphatic carbocycles. The molecule has 2 amide bonds. The van der Waals surface area contributed by atoms with Gasteiger partial charge in [0.25, 0.3) is 0 Å². The number of methoxy groups -OCH3 is 1. The molecule has 0 bridgehead atoms. The quantitative estimate of drug-likeness (QED) is 0.863. The lowest BCUT2D eigenvalue weighted by molar-refractivity contribution is 0.0829. The summed E-state index contributed by atoms with van der Waals surface area (Å²) in [6, 6.07) is -0.211. The van der Waals surface area contributed by atoms with Gasteiger partial charge in [-0.2, -0.15) is 0 Å². The molecule has 0 spiro atoms. The van der Waals surface area contributed by atoms with Gasteiger partial charge in [0, 0.05) is 6.61 Å². The first-order valence-corrected chi connectivity index (χ1v) is 6.81. The van der Waals surface area contributed by atoms with Gasteiger partial charge < -0.3 is 14.8 Å². The van der Waals surface area contributed by atoms with Crippen molar-refractivity contribution in [3.05, 3.63) is 12.4 Å². The molecular weight excluding hydrogens is 260 g/mol. The fourth-order valence-corrected chi connectivity index (χ4v) is 2.45. The van der Waals surface area contributed by atoms with E-state index in [9.17, 15) is 4.79 Å². The predicted octanol–water partition coefficient (Wildman–Crippen LogP) is 1.17. The molecule has 7 heteroatoms. The Morgan fingerprint density at radius 3 is 2.75 bits per heavy atom. The van der Waals surface area contributed by atoms with Crippen LogP contribution in [0.1, 0.15) is 19.3 Å². The highest BCUT2D eigenvalue weighted by Gasteiger charge is 2.41. The summed E-state index contributed by atoms with van der Waals surface area (Å²) in [6.07, 6.45) is 6.44. The third-order valence-electron chi connectivity index (χ3n) is 3.63. The number of aromatic nitrogens is 2. The zero-order valence-corrected chi connectivity index (χ0v) is 11.3. The molecule has 2 aliphatic rings. The number of amides is 2. The topological polar surface area (TPSA) is 85.4 Å². The van der Waals surface area contributed by atoms with E-state index in [2.05, 4.69) is 20.6 Å². The lowest BCUT2D eigenvalue weighted by Gasteiger charge is -2.19. The van der Waals surface area contributed by atoms with E-state index >= 15 is 0 Å². The zero-order chi connectivity index (χ0) is 13.9. The normalized spacial score (nSPS) is 25.2. The summed E-state index contributed by atoms with van der Waals surface area (Å²) < 4.78 is 10.6. The van der Waals surface area contributed by atoms with Crippen LogP contribution in [0, 0.1) is 5.92 Å². The molecule has 1 saturated heterocycles. The Morgan fingerprint density at radius 1 is 1.35 bits per heavy atom. The highest BCUT2D eigenvalue weighted by atomic mass is 16.5. The molecule has 1 aromatic heterocycles. The Bertz CT molecular complexity index is 475. The Kier molecular flexibility index (Phi) is 3.68. The van der Waals surface area contributed by atoms with Crippen molar-refractivity contribution in [3.8, 4) is 5.75 Å². The van der Waals surface area contributed by atoms with E-state index in [0.717, 1.165) is 6.42 Å². The molecule has 2 unspecified atom stereocenters. The number of nitrogens with one attached hydrogen (secondary N) is 2. The van der Waals surface area contributed by atoms with Crippen molar-refractivity contribution in [2.24, 2.45) is 5.92 Å². The van der Waals surface area contributed by atoms with Gasteiger partial charge in [-0.3, -0.25) is 5.32 Å². The summed E-state index contributed by atoms with van der Waals surface area (Å²) in [6.45, 7) is 0.713. The van der Waals surface area contributed by atoms with Gasteiger partial charge in [-0.1, -0.05) is 0 Å². The van der Waals surface area contributed by atoms with Crippen LogP contribution < -0.4 is 15.4 Å². The van der Waals surface area contributed by atoms with Gasteiger partial charge in [0.2, 0.25) is 5.95 Å². The number of carbonyl (C=O) groups excluding carboxylic acids is 1. The van der Waals surface area contributed by atoms with Crippen molar-refractivity contribution >= 4 is 12.0 Å². The summed E-state index contributed by atoms with van der Waals surface area (Å²) in [5.74, 6) is 1.42. The molecule has 0 aromatic carbocycles. The van der Waals surface area contributed by atoms with Crippen molar-refractivity contribution in [3.63, 3.8) is 0 Å². The summed E-state index contributed by atoms with van der Waals surface area (Å²) >= 11 is 0. The molecule has 1 aromatic rings. The Hall–Kier alpha value is -1.89. The highest BCUT2D eigenvalue weighted by Crippen LogP contribution is 2.38. The van der Waals surface area contributed by atoms with Gasteiger partial charge in [-0.25, -0.2) is 14.8 Å². The van der Waals surface area contributed by atoms with E-state index in [-0.39, 0.29) is 24.1 Å². The standard InChI is InChI=1S/C13H18N4O3/c1-19-9-6-14-12(15-7-9)17-13(18)16-10-4-5-20-11(10)8-2-3-8/h6-8,10-11H,2-5H2,1H3,(H2,14,15,16,17,18). The summed E-state index contributed by atoms with van der Waals surface area (Å²) in [4.78, 5) is 19.9. The molecule has 20 heavy (non-hydrogen) atoms. The van der Waals surface area contributed by atoms with Gasteiger partial charge in [-0.05, 0) is 25.2 Å². The SMILES string of the molecule is COc1cnc(NC(=O)NC2CCOC2C2CC2)nc1. The van der Waals surface area contributed by atoms with Crippen molar-refractivity contribution in [2.75, 3.05) is 19.0 Å². The fraction of sp³-hybridized carbons (Fsp3) is 0.615. The molecular formula is C13H18N4O3. The van der Waals surface area contributed by atoms with Crippen molar-refractivity contribution in [1.29, 1.82) is 0 Å². The van der Waals surface area contributed by atoms with Crippen LogP contribution in [0.2, 0.25) is 0 Å². The summed E-state index contributed by atoms with van der Waals surface area (Å²) in [5.41, 5.74) is 0. The molecule has 108 valence electrons. The molecule has 3 rings (SSSR count). The minimum atomic E-state index is -0.295. The summed E-state index contributed by atoms with van der Waals surface area (Å²) in [7, 11) is 1.54. The highest BCUT2D eigenvalue weighted by molar-refractivity contribution is 5.87. The molecule has 2 fully saturated rings. The van der Waals surface area contributed by atoms with Crippen molar-refractivity contribution in [1.82, 2.24) is 15.3 Å². The lowest BCUT2D eigenvalue weighted by atomic mass is 10.1. The van der Waals surface area contributed by atoms with E-state index in [0.29, 0.717) is 18.3 Å². The Labute approximate surface area is 117 Å². The number of rotatable bonds is 4. The van der Waals surface area contributed by atoms with Gasteiger partial charge >= 0.3 is 6.03 Å². The number of urea groups is 1. The fourth-order valence-electron chi connectivity index (χ4n) is 2.45. The number of carbonyl (C=O) groups is 1. The molecule has 2 heterocycles. The van der Waals surface area contributed by atoms with Gasteiger partial charge in [-0.15, -0.1) is 0 Å². The monoisotopic (exact) mass is 278 g/mol. The summed E-state index contributed by atoms with van der Waals surface area (Å²) in [5, 5.41) is 5.56. The van der Waals surface area contributed by atoms with E-state index in [4.69, 9.17) is 9.47 Å². The third-order valence-corrected chi connectivity index (χ3v) is 3.63. The molecule has 0 radical (unpaired) electrons. The van der Waals surface area contributed by atoms with E-state index < -0.39 is 0 Å². The molecule has 2 N–H and O–H groups in total. The van der Waals surface area contributed by atoms with Crippen molar-refractivity contribution < 1.29 is 14.3 Å². The largest absolute Gasteiger partial charge is 0.494 e. The van der Waals surface area contributed by atoms with E-state index in [1.54, 1.807) is 0 Å². The van der Waals surface area contributed by atoms with Crippen LogP contribution in [0.15, 0.2) is 12.4 Å². The zero-order valence-electron chi connectivity index (χ0n) is 11.3. The van der Waals surface area contributed by atoms with E-state index in [1.165, 1.54) is 32.3 Å². The first-order valence-electron chi connectivity index (χ1n) is 6.81. The van der Waals surface area contributed by atoms with Gasteiger partial charge in [0.15, 0.2) is 5.75 Å². The van der Waals surface area contributed by atoms with E-state index in [1.807, 2.05) is 0 Å². The number of hydrogen-bond acceptors (Lipinski definition) is 5. The molecule has 1 saturated carbocycles. The lowest BCUT2D eigenvalue weighted by Crippen LogP contribution is -2.43. The average Bonchev–Trinajstić information content (AvgIpc) is 3.20. The number of hydrogen-bond donors (Lipinski definition) is 2. The van der Waals surface area contributed by atoms with Crippen LogP contribution in [0.3, 0.4) is 0 Å². The van der Waals surface area contributed by atoms with Crippen molar-refractivity contribution in [2.45, 2.75) is 31.4 Å². The first kappa shape index (κ1) is 13.1. The van der Waals surface area contributed by atoms with Gasteiger partial charge in [0.1, 0.15) is 0 Å². The maximum absolute atomic E-state index is 11.9. The second-order valence-corrected chi connectivity index (χ2v) is 5.11. The minimum absolute atomic E-state index is 0.0840. The van der Waals surface area contributed by atoms with Crippen LogP contribution in [-0.4, -0.2) is 41.9 Å². The van der Waals surface area contributed by atoms with Crippen LogP contribution >= 0.6 is 0 Å². The number of ether oxygens (including phenoxy) is 2. The third kappa shape index (κ3) is 2.98. The minimum Gasteiger partial charge on any atom is -0.494 e. The van der Waals surface area contributed by atoms with Crippen LogP contribution in [0.25, 0.3) is 0 Å². The predicted molar refractivity (Wildman–Crippen MR) is 71.6 cm³/mol. The second-order valence-electron chi connectivity index (χ2n) is 5.11. The van der Waals surface area contributed by atoms with Crippen LogP contribution in [0.5, 0.6) is 5.75 Å². The van der Waals surface area contributed by atoms with Gasteiger partial charge in [0.05, 0.1) is 31.6 Å². The molecule has 7 nitrogen and oxygen atoms in total. The Morgan fingerprint density at radius 2 is 2.10 bits per heavy atom. The van der Waals surface area contributed by atoms with Crippen LogP contribution in [0.4, 0.5) is 10.7 Å².